The summed E-state index contributed by atoms with van der Waals surface area (Å²) >= 11 is 2.21. The van der Waals surface area contributed by atoms with Crippen molar-refractivity contribution in [1.82, 2.24) is 5.32 Å². The van der Waals surface area contributed by atoms with Gasteiger partial charge in [0.1, 0.15) is 5.82 Å². The topological polar surface area (TPSA) is 12.0 Å². The molecule has 70 valence electrons. The van der Waals surface area contributed by atoms with Gasteiger partial charge in [-0.1, -0.05) is 6.07 Å². The first-order valence-electron chi connectivity index (χ1n) is 4.43. The highest BCUT2D eigenvalue weighted by atomic mass is 127. The van der Waals surface area contributed by atoms with Gasteiger partial charge in [0.2, 0.25) is 0 Å². The Morgan fingerprint density at radius 3 is 2.92 bits per heavy atom. The molecular weight excluding hydrogens is 280 g/mol. The molecule has 1 nitrogen and oxygen atoms in total. The van der Waals surface area contributed by atoms with Crippen LogP contribution in [0.3, 0.4) is 0 Å². The molecule has 13 heavy (non-hydrogen) atoms. The first-order chi connectivity index (χ1) is 6.27. The normalized spacial score (nSPS) is 22.2. The third-order valence-corrected chi connectivity index (χ3v) is 3.40. The van der Waals surface area contributed by atoms with Crippen molar-refractivity contribution >= 4 is 22.6 Å². The predicted molar refractivity (Wildman–Crippen MR) is 59.3 cm³/mol. The van der Waals surface area contributed by atoms with Gasteiger partial charge in [0.25, 0.3) is 0 Å². The zero-order valence-corrected chi connectivity index (χ0v) is 9.34. The van der Waals surface area contributed by atoms with Crippen LogP contribution >= 0.6 is 22.6 Å². The van der Waals surface area contributed by atoms with Gasteiger partial charge in [-0.25, -0.2) is 4.39 Å². The van der Waals surface area contributed by atoms with E-state index < -0.39 is 0 Å². The lowest BCUT2D eigenvalue weighted by molar-refractivity contribution is 0.624. The number of halogens is 2. The number of nitrogens with one attached hydrogen (secondary N) is 1. The quantitative estimate of drug-likeness (QED) is 0.784. The van der Waals surface area contributed by atoms with Crippen molar-refractivity contribution in [2.75, 3.05) is 13.1 Å². The minimum atomic E-state index is -0.140. The summed E-state index contributed by atoms with van der Waals surface area (Å²) in [4.78, 5) is 0. The van der Waals surface area contributed by atoms with Crippen LogP contribution in [-0.2, 0) is 0 Å². The maximum absolute atomic E-state index is 12.8. The van der Waals surface area contributed by atoms with E-state index in [4.69, 9.17) is 0 Å². The summed E-state index contributed by atoms with van der Waals surface area (Å²) < 4.78 is 13.9. The molecule has 0 unspecified atom stereocenters. The Hall–Kier alpha value is -0.160. The van der Waals surface area contributed by atoms with Crippen LogP contribution < -0.4 is 5.32 Å². The van der Waals surface area contributed by atoms with E-state index in [0.717, 1.165) is 16.7 Å². The smallest absolute Gasteiger partial charge is 0.124 e. The Morgan fingerprint density at radius 1 is 1.46 bits per heavy atom. The second-order valence-electron chi connectivity index (χ2n) is 3.36. The zero-order chi connectivity index (χ0) is 9.26. The van der Waals surface area contributed by atoms with Crippen molar-refractivity contribution in [3.8, 4) is 0 Å². The van der Waals surface area contributed by atoms with E-state index in [9.17, 15) is 4.39 Å². The van der Waals surface area contributed by atoms with Crippen molar-refractivity contribution in [3.63, 3.8) is 0 Å². The summed E-state index contributed by atoms with van der Waals surface area (Å²) in [5, 5.41) is 3.32. The standard InChI is InChI=1S/C10H11FIN/c11-8-1-2-9(10(12)5-8)7-3-4-13-6-7/h1-2,5,7,13H,3-4,6H2/t7-/m1/s1. The maximum Gasteiger partial charge on any atom is 0.124 e. The lowest BCUT2D eigenvalue weighted by Crippen LogP contribution is -2.08. The van der Waals surface area contributed by atoms with Crippen molar-refractivity contribution < 1.29 is 4.39 Å². The summed E-state index contributed by atoms with van der Waals surface area (Å²) in [6, 6.07) is 5.07. The molecule has 0 saturated carbocycles. The van der Waals surface area contributed by atoms with Crippen LogP contribution in [0.2, 0.25) is 0 Å². The van der Waals surface area contributed by atoms with Gasteiger partial charge in [-0.15, -0.1) is 0 Å². The molecule has 1 aliphatic rings. The molecule has 2 rings (SSSR count). The van der Waals surface area contributed by atoms with Crippen LogP contribution in [0.25, 0.3) is 0 Å². The van der Waals surface area contributed by atoms with E-state index in [-0.39, 0.29) is 5.82 Å². The van der Waals surface area contributed by atoms with E-state index in [1.165, 1.54) is 12.0 Å². The molecule has 1 heterocycles. The SMILES string of the molecule is Fc1ccc([C@@H]2CCNC2)c(I)c1. The Kier molecular flexibility index (Phi) is 2.83. The Labute approximate surface area is 90.9 Å². The second kappa shape index (κ2) is 3.92. The lowest BCUT2D eigenvalue weighted by atomic mass is 9.99. The van der Waals surface area contributed by atoms with Crippen LogP contribution in [0.5, 0.6) is 0 Å². The summed E-state index contributed by atoms with van der Waals surface area (Å²) in [7, 11) is 0. The van der Waals surface area contributed by atoms with E-state index in [1.807, 2.05) is 6.07 Å². The first-order valence-corrected chi connectivity index (χ1v) is 5.51. The van der Waals surface area contributed by atoms with Crippen LogP contribution in [-0.4, -0.2) is 13.1 Å². The van der Waals surface area contributed by atoms with Gasteiger partial charge in [-0.2, -0.15) is 0 Å². The molecule has 0 spiro atoms. The number of hydrogen-bond donors (Lipinski definition) is 1. The van der Waals surface area contributed by atoms with E-state index in [2.05, 4.69) is 27.9 Å². The van der Waals surface area contributed by atoms with E-state index in [1.54, 1.807) is 12.1 Å². The molecule has 1 aromatic carbocycles. The molecule has 1 aliphatic heterocycles. The Morgan fingerprint density at radius 2 is 2.31 bits per heavy atom. The van der Waals surface area contributed by atoms with Crippen LogP contribution in [0.4, 0.5) is 4.39 Å². The fourth-order valence-electron chi connectivity index (χ4n) is 1.75. The minimum absolute atomic E-state index is 0.140. The predicted octanol–water partition coefficient (Wildman–Crippen LogP) is 2.51. The van der Waals surface area contributed by atoms with Crippen molar-refractivity contribution in [2.45, 2.75) is 12.3 Å². The highest BCUT2D eigenvalue weighted by Gasteiger charge is 2.18. The average Bonchev–Trinajstić information content (AvgIpc) is 2.56. The molecule has 0 amide bonds. The zero-order valence-electron chi connectivity index (χ0n) is 7.19. The van der Waals surface area contributed by atoms with Crippen molar-refractivity contribution in [1.29, 1.82) is 0 Å². The summed E-state index contributed by atoms with van der Waals surface area (Å²) in [6.07, 6.45) is 1.17. The highest BCUT2D eigenvalue weighted by molar-refractivity contribution is 14.1. The molecule has 0 aromatic heterocycles. The van der Waals surface area contributed by atoms with Crippen molar-refractivity contribution in [2.24, 2.45) is 0 Å². The molecule has 1 aromatic rings. The molecule has 1 N–H and O–H groups in total. The molecule has 0 radical (unpaired) electrons. The minimum Gasteiger partial charge on any atom is -0.316 e. The maximum atomic E-state index is 12.8. The molecule has 1 atom stereocenters. The van der Waals surface area contributed by atoms with E-state index in [0.29, 0.717) is 5.92 Å². The highest BCUT2D eigenvalue weighted by Crippen LogP contribution is 2.27. The van der Waals surface area contributed by atoms with Gasteiger partial charge in [-0.3, -0.25) is 0 Å². The van der Waals surface area contributed by atoms with Gasteiger partial charge in [0.15, 0.2) is 0 Å². The Balaban J connectivity index is 2.29. The largest absolute Gasteiger partial charge is 0.316 e. The lowest BCUT2D eigenvalue weighted by Gasteiger charge is -2.10. The average molecular weight is 291 g/mol. The third kappa shape index (κ3) is 2.02. The number of hydrogen-bond acceptors (Lipinski definition) is 1. The van der Waals surface area contributed by atoms with Crippen LogP contribution in [0, 0.1) is 9.39 Å². The number of benzene rings is 1. The Bertz CT molecular complexity index is 308. The van der Waals surface area contributed by atoms with Gasteiger partial charge in [0.05, 0.1) is 0 Å². The fraction of sp³-hybridized carbons (Fsp3) is 0.400. The number of rotatable bonds is 1. The van der Waals surface area contributed by atoms with Crippen LogP contribution in [0.15, 0.2) is 18.2 Å². The van der Waals surface area contributed by atoms with Crippen molar-refractivity contribution in [3.05, 3.63) is 33.1 Å². The third-order valence-electron chi connectivity index (χ3n) is 2.46. The molecule has 3 heteroatoms. The molecular formula is C10H11FIN. The van der Waals surface area contributed by atoms with Crippen LogP contribution in [0.1, 0.15) is 17.9 Å². The first kappa shape index (κ1) is 9.40. The van der Waals surface area contributed by atoms with Gasteiger partial charge in [-0.05, 0) is 59.2 Å². The summed E-state index contributed by atoms with van der Waals surface area (Å²) in [6.45, 7) is 2.11. The molecule has 1 saturated heterocycles. The summed E-state index contributed by atoms with van der Waals surface area (Å²) in [5.41, 5.74) is 1.28. The summed E-state index contributed by atoms with van der Waals surface area (Å²) in [5.74, 6) is 0.437. The molecule has 0 bridgehead atoms. The second-order valence-corrected chi connectivity index (χ2v) is 4.52. The van der Waals surface area contributed by atoms with Gasteiger partial charge < -0.3 is 5.32 Å². The fourth-order valence-corrected chi connectivity index (χ4v) is 2.67. The monoisotopic (exact) mass is 291 g/mol. The van der Waals surface area contributed by atoms with E-state index >= 15 is 0 Å². The molecule has 1 fully saturated rings. The van der Waals surface area contributed by atoms with Gasteiger partial charge in [0, 0.05) is 10.1 Å². The molecule has 0 aliphatic carbocycles. The van der Waals surface area contributed by atoms with Gasteiger partial charge >= 0.3 is 0 Å².